The number of rotatable bonds is 4. The molecule has 0 saturated heterocycles. The van der Waals surface area contributed by atoms with Crippen molar-refractivity contribution in [2.45, 2.75) is 32.0 Å². The Labute approximate surface area is 209 Å². The van der Waals surface area contributed by atoms with E-state index in [-0.39, 0.29) is 0 Å². The number of aromatic nitrogens is 3. The molecule has 0 saturated carbocycles. The van der Waals surface area contributed by atoms with E-state index in [9.17, 15) is 26.3 Å². The van der Waals surface area contributed by atoms with Crippen molar-refractivity contribution < 1.29 is 50.9 Å². The molecule has 0 spiro atoms. The van der Waals surface area contributed by atoms with Crippen LogP contribution in [0.4, 0.5) is 26.3 Å². The zero-order chi connectivity index (χ0) is 27.8. The molecule has 202 valence electrons. The Balaban J connectivity index is 0.000000286. The molecule has 0 amide bonds. The Bertz CT molecular complexity index is 1160. The van der Waals surface area contributed by atoms with Gasteiger partial charge in [0.1, 0.15) is 5.82 Å². The number of carboxylic acid groups (broad SMARTS) is 2. The predicted molar refractivity (Wildman–Crippen MR) is 118 cm³/mol. The fraction of sp³-hybridized carbons (Fsp3) is 0.333. The first-order valence-electron chi connectivity index (χ1n) is 10.1. The number of hydrogen-bond acceptors (Lipinski definition) is 7. The minimum Gasteiger partial charge on any atom is -0.481 e. The average molecular weight is 554 g/mol. The summed E-state index contributed by atoms with van der Waals surface area (Å²) in [6, 6.07) is 8.27. The first kappa shape index (κ1) is 29.6. The van der Waals surface area contributed by atoms with Crippen molar-refractivity contribution in [1.82, 2.24) is 19.4 Å². The highest BCUT2D eigenvalue weighted by atomic mass is 32.1. The molecule has 0 aliphatic carbocycles. The Kier molecular flexibility index (Phi) is 10.0. The van der Waals surface area contributed by atoms with Gasteiger partial charge < -0.3 is 19.5 Å². The minimum absolute atomic E-state index is 0.709. The first-order chi connectivity index (χ1) is 17.2. The van der Waals surface area contributed by atoms with Crippen LogP contribution in [-0.4, -0.2) is 67.6 Å². The molecule has 0 fully saturated rings. The van der Waals surface area contributed by atoms with Gasteiger partial charge in [-0.1, -0.05) is 12.1 Å². The van der Waals surface area contributed by atoms with Crippen molar-refractivity contribution in [3.8, 4) is 16.5 Å². The maximum absolute atomic E-state index is 10.6. The molecule has 0 aromatic carbocycles. The molecule has 1 aliphatic rings. The lowest BCUT2D eigenvalue weighted by Crippen LogP contribution is -2.33. The van der Waals surface area contributed by atoms with Gasteiger partial charge in [0.2, 0.25) is 5.88 Å². The minimum atomic E-state index is -5.08. The molecule has 3 aromatic rings. The number of carbonyl (C=O) groups is 2. The molecular formula is C21H20F6N4O5S. The summed E-state index contributed by atoms with van der Waals surface area (Å²) in [6.07, 6.45) is -6.41. The molecule has 1 aliphatic heterocycles. The van der Waals surface area contributed by atoms with Crippen LogP contribution in [0.5, 0.6) is 5.88 Å². The van der Waals surface area contributed by atoms with Crippen LogP contribution in [0.15, 0.2) is 42.0 Å². The zero-order valence-corrected chi connectivity index (χ0v) is 19.8. The second kappa shape index (κ2) is 12.5. The molecular weight excluding hydrogens is 534 g/mol. The van der Waals surface area contributed by atoms with E-state index in [0.29, 0.717) is 5.88 Å². The summed E-state index contributed by atoms with van der Waals surface area (Å²) in [6.45, 7) is 3.65. The highest BCUT2D eigenvalue weighted by molar-refractivity contribution is 7.13. The fourth-order valence-electron chi connectivity index (χ4n) is 3.04. The SMILES string of the molecule is COc1ncccc1CN1CCn2c(-c3cccs3)cnc2C1.O=C(O)C(F)(F)F.O=C(O)C(F)(F)F. The van der Waals surface area contributed by atoms with Gasteiger partial charge in [-0.05, 0) is 17.5 Å². The Morgan fingerprint density at radius 1 is 1.03 bits per heavy atom. The van der Waals surface area contributed by atoms with E-state index >= 15 is 0 Å². The van der Waals surface area contributed by atoms with Crippen molar-refractivity contribution in [2.75, 3.05) is 13.7 Å². The topological polar surface area (TPSA) is 118 Å². The van der Waals surface area contributed by atoms with Crippen LogP contribution in [0.1, 0.15) is 11.4 Å². The monoisotopic (exact) mass is 554 g/mol. The number of methoxy groups -OCH3 is 1. The number of pyridine rings is 1. The quantitative estimate of drug-likeness (QED) is 0.459. The lowest BCUT2D eigenvalue weighted by atomic mass is 10.2. The van der Waals surface area contributed by atoms with Crippen molar-refractivity contribution in [3.63, 3.8) is 0 Å². The van der Waals surface area contributed by atoms with E-state index in [1.807, 2.05) is 12.3 Å². The van der Waals surface area contributed by atoms with Gasteiger partial charge in [0.05, 0.1) is 30.4 Å². The molecule has 9 nitrogen and oxygen atoms in total. The molecule has 0 unspecified atom stereocenters. The predicted octanol–water partition coefficient (Wildman–Crippen LogP) is 4.30. The van der Waals surface area contributed by atoms with Gasteiger partial charge in [-0.15, -0.1) is 11.3 Å². The van der Waals surface area contributed by atoms with Gasteiger partial charge in [-0.25, -0.2) is 19.6 Å². The van der Waals surface area contributed by atoms with E-state index in [1.165, 1.54) is 10.6 Å². The Morgan fingerprint density at radius 2 is 1.65 bits per heavy atom. The largest absolute Gasteiger partial charge is 0.490 e. The van der Waals surface area contributed by atoms with E-state index < -0.39 is 24.3 Å². The van der Waals surface area contributed by atoms with Gasteiger partial charge in [-0.2, -0.15) is 26.3 Å². The highest BCUT2D eigenvalue weighted by Gasteiger charge is 2.38. The van der Waals surface area contributed by atoms with Crippen LogP contribution >= 0.6 is 11.3 Å². The summed E-state index contributed by atoms with van der Waals surface area (Å²) in [5.74, 6) is -3.68. The van der Waals surface area contributed by atoms with Crippen LogP contribution in [0.2, 0.25) is 0 Å². The molecule has 4 rings (SSSR count). The maximum atomic E-state index is 10.6. The summed E-state index contributed by atoms with van der Waals surface area (Å²) in [7, 11) is 1.67. The third kappa shape index (κ3) is 8.75. The number of fused-ring (bicyclic) bond motifs is 1. The third-order valence-electron chi connectivity index (χ3n) is 4.64. The van der Waals surface area contributed by atoms with Crippen molar-refractivity contribution in [2.24, 2.45) is 0 Å². The number of carboxylic acids is 2. The first-order valence-corrected chi connectivity index (χ1v) is 11.0. The number of halogens is 6. The maximum Gasteiger partial charge on any atom is 0.490 e. The van der Waals surface area contributed by atoms with Gasteiger partial charge in [-0.3, -0.25) is 4.90 Å². The molecule has 0 bridgehead atoms. The third-order valence-corrected chi connectivity index (χ3v) is 5.53. The molecule has 0 atom stereocenters. The number of hydrogen-bond donors (Lipinski definition) is 2. The van der Waals surface area contributed by atoms with E-state index in [2.05, 4.69) is 43.0 Å². The molecule has 16 heteroatoms. The summed E-state index contributed by atoms with van der Waals surface area (Å²) in [5, 5.41) is 16.4. The lowest BCUT2D eigenvalue weighted by Gasteiger charge is -2.28. The van der Waals surface area contributed by atoms with Crippen LogP contribution in [-0.2, 0) is 29.2 Å². The second-order valence-corrected chi connectivity index (χ2v) is 8.12. The number of ether oxygens (including phenoxy) is 1. The molecule has 3 aromatic heterocycles. The number of thiophene rings is 1. The van der Waals surface area contributed by atoms with Crippen LogP contribution in [0.3, 0.4) is 0 Å². The Hall–Kier alpha value is -3.66. The standard InChI is InChI=1S/C17H18N4OS.2C2HF3O2/c1-22-17-13(4-2-6-18-17)11-20-7-8-21-14(10-19-16(21)12-20)15-5-3-9-23-15;2*3-2(4,5)1(6)7/h2-6,9-10H,7-8,11-12H2,1H3;2*(H,6,7). The Morgan fingerprint density at radius 3 is 2.16 bits per heavy atom. The second-order valence-electron chi connectivity index (χ2n) is 7.18. The molecule has 2 N–H and O–H groups in total. The smallest absolute Gasteiger partial charge is 0.481 e. The van der Waals surface area contributed by atoms with Gasteiger partial charge >= 0.3 is 24.3 Å². The number of aliphatic carboxylic acids is 2. The van der Waals surface area contributed by atoms with E-state index in [1.54, 1.807) is 24.6 Å². The van der Waals surface area contributed by atoms with Gasteiger partial charge in [0, 0.05) is 31.4 Å². The summed E-state index contributed by atoms with van der Waals surface area (Å²) >= 11 is 1.76. The number of alkyl halides is 6. The average Bonchev–Trinajstić information content (AvgIpc) is 3.48. The molecule has 0 radical (unpaired) electrons. The number of imidazole rings is 1. The molecule has 37 heavy (non-hydrogen) atoms. The van der Waals surface area contributed by atoms with Crippen LogP contribution < -0.4 is 4.74 Å². The van der Waals surface area contributed by atoms with E-state index in [0.717, 1.165) is 37.6 Å². The van der Waals surface area contributed by atoms with Crippen LogP contribution in [0, 0.1) is 0 Å². The summed E-state index contributed by atoms with van der Waals surface area (Å²) < 4.78 is 71.2. The van der Waals surface area contributed by atoms with Crippen molar-refractivity contribution in [3.05, 3.63) is 53.4 Å². The summed E-state index contributed by atoms with van der Waals surface area (Å²) in [4.78, 5) is 30.4. The zero-order valence-electron chi connectivity index (χ0n) is 19.0. The van der Waals surface area contributed by atoms with E-state index in [4.69, 9.17) is 24.5 Å². The highest BCUT2D eigenvalue weighted by Crippen LogP contribution is 2.28. The van der Waals surface area contributed by atoms with Crippen molar-refractivity contribution >= 4 is 23.3 Å². The van der Waals surface area contributed by atoms with Gasteiger partial charge in [0.15, 0.2) is 0 Å². The normalized spacial score (nSPS) is 13.4. The lowest BCUT2D eigenvalue weighted by molar-refractivity contribution is -0.193. The number of nitrogens with zero attached hydrogens (tertiary/aromatic N) is 4. The van der Waals surface area contributed by atoms with Crippen LogP contribution in [0.25, 0.3) is 10.6 Å². The summed E-state index contributed by atoms with van der Waals surface area (Å²) in [5.41, 5.74) is 2.35. The van der Waals surface area contributed by atoms with Gasteiger partial charge in [0.25, 0.3) is 0 Å². The molecule has 4 heterocycles. The fourth-order valence-corrected chi connectivity index (χ4v) is 3.78. The van der Waals surface area contributed by atoms with Crippen molar-refractivity contribution in [1.29, 1.82) is 0 Å².